The monoisotopic (exact) mass is 459 g/mol. The first kappa shape index (κ1) is 23.9. The number of para-hydroxylation sites is 1. The summed E-state index contributed by atoms with van der Waals surface area (Å²) in [5.41, 5.74) is 3.83. The second kappa shape index (κ2) is 11.2. The molecule has 0 unspecified atom stereocenters. The number of aryl methyl sites for hydroxylation is 1. The van der Waals surface area contributed by atoms with Crippen molar-refractivity contribution in [3.63, 3.8) is 0 Å². The standard InChI is InChI=1S/C26H25N3O3S/c1-4-14-32-26(31)23-18(3)28-25(20(15-27)24(23)19-11-6-5-7-12-19)33-16-22(30)29-21-13-9-8-10-17(21)2/h4-13,24,28H,1,14,16H2,2-3H3,(H,29,30)/t24-/m0/s1. The number of ether oxygens (including phenoxy) is 1. The van der Waals surface area contributed by atoms with Gasteiger partial charge in [0.1, 0.15) is 6.61 Å². The Bertz CT molecular complexity index is 1160. The Morgan fingerprint density at radius 3 is 2.55 bits per heavy atom. The average Bonchev–Trinajstić information content (AvgIpc) is 2.82. The van der Waals surface area contributed by atoms with Crippen LogP contribution in [-0.4, -0.2) is 24.2 Å². The summed E-state index contributed by atoms with van der Waals surface area (Å²) < 4.78 is 5.30. The van der Waals surface area contributed by atoms with Crippen molar-refractivity contribution in [3.05, 3.63) is 100 Å². The van der Waals surface area contributed by atoms with E-state index in [1.165, 1.54) is 17.8 Å². The van der Waals surface area contributed by atoms with Gasteiger partial charge in [-0.2, -0.15) is 5.26 Å². The van der Waals surface area contributed by atoms with Crippen molar-refractivity contribution in [2.24, 2.45) is 0 Å². The zero-order chi connectivity index (χ0) is 23.8. The molecule has 6 nitrogen and oxygen atoms in total. The van der Waals surface area contributed by atoms with Gasteiger partial charge in [-0.05, 0) is 31.0 Å². The molecule has 0 fully saturated rings. The molecule has 2 aromatic carbocycles. The number of hydrogen-bond acceptors (Lipinski definition) is 6. The van der Waals surface area contributed by atoms with Crippen LogP contribution in [0.25, 0.3) is 0 Å². The van der Waals surface area contributed by atoms with Crippen molar-refractivity contribution in [3.8, 4) is 6.07 Å². The molecule has 0 aromatic heterocycles. The number of nitrogens with one attached hydrogen (secondary N) is 2. The molecule has 0 aliphatic carbocycles. The lowest BCUT2D eigenvalue weighted by Crippen LogP contribution is -2.29. The second-order valence-corrected chi connectivity index (χ2v) is 8.39. The molecule has 3 rings (SSSR count). The zero-order valence-corrected chi connectivity index (χ0v) is 19.4. The molecule has 0 saturated carbocycles. The minimum atomic E-state index is -0.600. The summed E-state index contributed by atoms with van der Waals surface area (Å²) in [6.07, 6.45) is 1.50. The number of thioether (sulfide) groups is 1. The van der Waals surface area contributed by atoms with Gasteiger partial charge in [0, 0.05) is 11.4 Å². The van der Waals surface area contributed by atoms with E-state index in [4.69, 9.17) is 4.74 Å². The van der Waals surface area contributed by atoms with Gasteiger partial charge in [-0.25, -0.2) is 4.79 Å². The Kier molecular flexibility index (Phi) is 8.11. The first-order valence-electron chi connectivity index (χ1n) is 10.4. The molecule has 0 radical (unpaired) electrons. The molecule has 0 spiro atoms. The van der Waals surface area contributed by atoms with Gasteiger partial charge in [-0.1, -0.05) is 72.9 Å². The normalized spacial score (nSPS) is 15.4. The molecule has 7 heteroatoms. The van der Waals surface area contributed by atoms with Crippen LogP contribution in [-0.2, 0) is 14.3 Å². The van der Waals surface area contributed by atoms with Crippen LogP contribution in [0.4, 0.5) is 5.69 Å². The topological polar surface area (TPSA) is 91.2 Å². The van der Waals surface area contributed by atoms with Gasteiger partial charge >= 0.3 is 5.97 Å². The maximum Gasteiger partial charge on any atom is 0.337 e. The number of allylic oxidation sites excluding steroid dienone is 2. The summed E-state index contributed by atoms with van der Waals surface area (Å²) in [6, 6.07) is 19.1. The molecule has 0 saturated heterocycles. The average molecular weight is 460 g/mol. The molecule has 1 aliphatic rings. The van der Waals surface area contributed by atoms with Crippen LogP contribution in [0.15, 0.2) is 89.1 Å². The van der Waals surface area contributed by atoms with E-state index >= 15 is 0 Å². The maximum absolute atomic E-state index is 12.8. The van der Waals surface area contributed by atoms with E-state index in [9.17, 15) is 14.9 Å². The number of esters is 1. The van der Waals surface area contributed by atoms with Crippen molar-refractivity contribution in [1.82, 2.24) is 5.32 Å². The third-order valence-corrected chi connectivity index (χ3v) is 6.12. The number of nitriles is 1. The number of anilines is 1. The lowest BCUT2D eigenvalue weighted by Gasteiger charge is -2.29. The fourth-order valence-corrected chi connectivity index (χ4v) is 4.42. The van der Waals surface area contributed by atoms with Gasteiger partial charge < -0.3 is 15.4 Å². The fourth-order valence-electron chi connectivity index (χ4n) is 3.53. The van der Waals surface area contributed by atoms with E-state index in [0.717, 1.165) is 16.8 Å². The lowest BCUT2D eigenvalue weighted by atomic mass is 9.82. The Balaban J connectivity index is 1.88. The number of carbonyl (C=O) groups is 2. The molecule has 33 heavy (non-hydrogen) atoms. The number of rotatable bonds is 8. The smallest absolute Gasteiger partial charge is 0.337 e. The van der Waals surface area contributed by atoms with Gasteiger partial charge in [-0.15, -0.1) is 0 Å². The third-order valence-electron chi connectivity index (χ3n) is 5.10. The van der Waals surface area contributed by atoms with Crippen LogP contribution < -0.4 is 10.6 Å². The summed E-state index contributed by atoms with van der Waals surface area (Å²) in [6.45, 7) is 7.34. The minimum absolute atomic E-state index is 0.0728. The van der Waals surface area contributed by atoms with Crippen LogP contribution >= 0.6 is 11.8 Å². The lowest BCUT2D eigenvalue weighted by molar-refractivity contribution is -0.138. The summed E-state index contributed by atoms with van der Waals surface area (Å²) >= 11 is 1.23. The maximum atomic E-state index is 12.8. The van der Waals surface area contributed by atoms with E-state index < -0.39 is 11.9 Å². The molecular formula is C26H25N3O3S. The van der Waals surface area contributed by atoms with E-state index in [-0.39, 0.29) is 18.3 Å². The fraction of sp³-hybridized carbons (Fsp3) is 0.192. The van der Waals surface area contributed by atoms with Crippen LogP contribution in [0, 0.1) is 18.3 Å². The molecule has 1 aliphatic heterocycles. The number of amides is 1. The van der Waals surface area contributed by atoms with Gasteiger partial charge in [-0.3, -0.25) is 4.79 Å². The largest absolute Gasteiger partial charge is 0.458 e. The van der Waals surface area contributed by atoms with Gasteiger partial charge in [0.2, 0.25) is 5.91 Å². The number of dihydropyridines is 1. The molecule has 168 valence electrons. The first-order valence-corrected chi connectivity index (χ1v) is 11.4. The van der Waals surface area contributed by atoms with Crippen molar-refractivity contribution >= 4 is 29.3 Å². The number of hydrogen-bond donors (Lipinski definition) is 2. The summed E-state index contributed by atoms with van der Waals surface area (Å²) in [5, 5.41) is 16.6. The SMILES string of the molecule is C=CCOC(=O)C1=C(C)NC(SCC(=O)Nc2ccccc2C)=C(C#N)[C@@H]1c1ccccc1. The highest BCUT2D eigenvalue weighted by Gasteiger charge is 2.35. The van der Waals surface area contributed by atoms with Gasteiger partial charge in [0.05, 0.1) is 33.9 Å². The summed E-state index contributed by atoms with van der Waals surface area (Å²) in [4.78, 5) is 25.4. The Morgan fingerprint density at radius 2 is 1.88 bits per heavy atom. The molecular weight excluding hydrogens is 434 g/mol. The predicted octanol–water partition coefficient (Wildman–Crippen LogP) is 4.79. The molecule has 0 bridgehead atoms. The van der Waals surface area contributed by atoms with E-state index in [1.807, 2.05) is 61.5 Å². The van der Waals surface area contributed by atoms with Crippen molar-refractivity contribution in [2.45, 2.75) is 19.8 Å². The van der Waals surface area contributed by atoms with E-state index in [0.29, 0.717) is 21.9 Å². The molecule has 1 amide bonds. The van der Waals surface area contributed by atoms with Crippen LogP contribution in [0.2, 0.25) is 0 Å². The Hall–Kier alpha value is -3.76. The molecule has 1 atom stereocenters. The zero-order valence-electron chi connectivity index (χ0n) is 18.6. The molecule has 1 heterocycles. The van der Waals surface area contributed by atoms with E-state index in [1.54, 1.807) is 6.92 Å². The highest BCUT2D eigenvalue weighted by Crippen LogP contribution is 2.40. The van der Waals surface area contributed by atoms with Crippen LogP contribution in [0.3, 0.4) is 0 Å². The van der Waals surface area contributed by atoms with Crippen molar-refractivity contribution in [1.29, 1.82) is 5.26 Å². The quantitative estimate of drug-likeness (QED) is 0.436. The molecule has 2 N–H and O–H groups in total. The predicted molar refractivity (Wildman–Crippen MR) is 131 cm³/mol. The van der Waals surface area contributed by atoms with E-state index in [2.05, 4.69) is 23.3 Å². The van der Waals surface area contributed by atoms with Crippen LogP contribution in [0.1, 0.15) is 24.0 Å². The summed E-state index contributed by atoms with van der Waals surface area (Å²) in [7, 11) is 0. The second-order valence-electron chi connectivity index (χ2n) is 7.40. The van der Waals surface area contributed by atoms with Gasteiger partial charge in [0.15, 0.2) is 0 Å². The van der Waals surface area contributed by atoms with Crippen molar-refractivity contribution < 1.29 is 14.3 Å². The van der Waals surface area contributed by atoms with Crippen molar-refractivity contribution in [2.75, 3.05) is 17.7 Å². The van der Waals surface area contributed by atoms with Crippen LogP contribution in [0.5, 0.6) is 0 Å². The number of nitrogens with zero attached hydrogens (tertiary/aromatic N) is 1. The number of benzene rings is 2. The molecule has 2 aromatic rings. The highest BCUT2D eigenvalue weighted by molar-refractivity contribution is 8.03. The Morgan fingerprint density at radius 1 is 1.18 bits per heavy atom. The third kappa shape index (κ3) is 5.73. The minimum Gasteiger partial charge on any atom is -0.458 e. The highest BCUT2D eigenvalue weighted by atomic mass is 32.2. The summed E-state index contributed by atoms with van der Waals surface area (Å²) in [5.74, 6) is -1.19. The van der Waals surface area contributed by atoms with Gasteiger partial charge in [0.25, 0.3) is 0 Å². The Labute approximate surface area is 198 Å². The number of carbonyl (C=O) groups excluding carboxylic acids is 2. The first-order chi connectivity index (χ1) is 16.0.